The zero-order chi connectivity index (χ0) is 15.3. The van der Waals surface area contributed by atoms with E-state index in [1.807, 2.05) is 0 Å². The molecule has 20 heavy (non-hydrogen) atoms. The Morgan fingerprint density at radius 3 is 2.15 bits per heavy atom. The van der Waals surface area contributed by atoms with Gasteiger partial charge in [0, 0.05) is 21.0 Å². The third kappa shape index (κ3) is 2.32. The Hall–Kier alpha value is -0.450. The molecule has 0 amide bonds. The maximum Gasteiger partial charge on any atom is 0.422 e. The Balaban J connectivity index is 2.67. The summed E-state index contributed by atoms with van der Waals surface area (Å²) < 4.78 is 40.9. The van der Waals surface area contributed by atoms with Crippen molar-refractivity contribution in [2.24, 2.45) is 11.3 Å². The molecule has 1 aromatic rings. The van der Waals surface area contributed by atoms with E-state index in [2.05, 4.69) is 0 Å². The van der Waals surface area contributed by atoms with Gasteiger partial charge in [0.25, 0.3) is 0 Å². The molecule has 1 N–H and O–H groups in total. The molecule has 0 aliphatic heterocycles. The van der Waals surface area contributed by atoms with E-state index in [-0.39, 0.29) is 21.5 Å². The predicted octanol–water partition coefficient (Wildman–Crippen LogP) is 5.18. The van der Waals surface area contributed by atoms with Gasteiger partial charge in [-0.25, -0.2) is 0 Å². The van der Waals surface area contributed by atoms with E-state index in [4.69, 9.17) is 23.2 Å². The molecule has 1 saturated carbocycles. The second-order valence-electron chi connectivity index (χ2n) is 5.83. The molecule has 1 aromatic carbocycles. The molecule has 0 heterocycles. The van der Waals surface area contributed by atoms with Crippen LogP contribution in [0.15, 0.2) is 18.2 Å². The molecule has 0 radical (unpaired) electrons. The lowest BCUT2D eigenvalue weighted by Crippen LogP contribution is -2.54. The Bertz CT molecular complexity index is 524. The Labute approximate surface area is 125 Å². The summed E-state index contributed by atoms with van der Waals surface area (Å²) in [6.45, 7) is 2.85. The van der Waals surface area contributed by atoms with Gasteiger partial charge in [-0.1, -0.05) is 37.0 Å². The van der Waals surface area contributed by atoms with Gasteiger partial charge in [0.2, 0.25) is 0 Å². The fourth-order valence-corrected chi connectivity index (χ4v) is 3.17. The maximum absolute atomic E-state index is 13.6. The second-order valence-corrected chi connectivity index (χ2v) is 6.67. The zero-order valence-corrected chi connectivity index (χ0v) is 12.6. The van der Waals surface area contributed by atoms with Gasteiger partial charge in [0.05, 0.1) is 0 Å². The monoisotopic (exact) mass is 326 g/mol. The summed E-state index contributed by atoms with van der Waals surface area (Å²) in [5.74, 6) is -0.191. The second kappa shape index (κ2) is 4.79. The van der Waals surface area contributed by atoms with Gasteiger partial charge in [-0.15, -0.1) is 0 Å². The lowest BCUT2D eigenvalue weighted by Gasteiger charge is -2.44. The molecular formula is C14H15Cl2F3O. The van der Waals surface area contributed by atoms with E-state index in [9.17, 15) is 18.3 Å². The summed E-state index contributed by atoms with van der Waals surface area (Å²) in [5, 5.41) is 10.6. The van der Waals surface area contributed by atoms with E-state index in [1.165, 1.54) is 26.0 Å². The molecule has 1 nitrogen and oxygen atoms in total. The van der Waals surface area contributed by atoms with Gasteiger partial charge >= 0.3 is 6.18 Å². The number of halogens is 5. The SMILES string of the molecule is CC(C)(C1CC1)[C@](O)(c1cc(Cl)ccc1Cl)C(F)(F)F. The van der Waals surface area contributed by atoms with Crippen LogP contribution in [0.4, 0.5) is 13.2 Å². The molecule has 0 unspecified atom stereocenters. The molecule has 0 aromatic heterocycles. The number of rotatable bonds is 3. The van der Waals surface area contributed by atoms with Gasteiger partial charge in [0.15, 0.2) is 5.60 Å². The highest BCUT2D eigenvalue weighted by atomic mass is 35.5. The maximum atomic E-state index is 13.6. The third-order valence-electron chi connectivity index (χ3n) is 4.26. The molecule has 0 bridgehead atoms. The normalized spacial score (nSPS) is 19.8. The van der Waals surface area contributed by atoms with E-state index in [0.717, 1.165) is 6.07 Å². The van der Waals surface area contributed by atoms with Crippen LogP contribution in [0.1, 0.15) is 32.3 Å². The summed E-state index contributed by atoms with van der Waals surface area (Å²) >= 11 is 11.7. The molecule has 2 rings (SSSR count). The lowest BCUT2D eigenvalue weighted by atomic mass is 9.67. The minimum Gasteiger partial charge on any atom is -0.376 e. The average molecular weight is 327 g/mol. The fraction of sp³-hybridized carbons (Fsp3) is 0.571. The number of hydrogen-bond acceptors (Lipinski definition) is 1. The highest BCUT2D eigenvalue weighted by Gasteiger charge is 2.67. The smallest absolute Gasteiger partial charge is 0.376 e. The molecule has 112 valence electrons. The van der Waals surface area contributed by atoms with Crippen molar-refractivity contribution in [3.63, 3.8) is 0 Å². The van der Waals surface area contributed by atoms with Gasteiger partial charge in [-0.3, -0.25) is 0 Å². The summed E-state index contributed by atoms with van der Waals surface area (Å²) in [7, 11) is 0. The number of benzene rings is 1. The van der Waals surface area contributed by atoms with Crippen LogP contribution >= 0.6 is 23.2 Å². The Morgan fingerprint density at radius 1 is 1.15 bits per heavy atom. The highest BCUT2D eigenvalue weighted by molar-refractivity contribution is 6.33. The van der Waals surface area contributed by atoms with Crippen LogP contribution in [-0.2, 0) is 5.60 Å². The predicted molar refractivity (Wildman–Crippen MR) is 72.9 cm³/mol. The van der Waals surface area contributed by atoms with Gasteiger partial charge in [-0.2, -0.15) is 13.2 Å². The minimum absolute atomic E-state index is 0.110. The summed E-state index contributed by atoms with van der Waals surface area (Å²) in [6, 6.07) is 3.77. The van der Waals surface area contributed by atoms with Gasteiger partial charge in [0.1, 0.15) is 0 Å². The molecule has 1 atom stereocenters. The van der Waals surface area contributed by atoms with Crippen LogP contribution in [0.5, 0.6) is 0 Å². The quantitative estimate of drug-likeness (QED) is 0.811. The van der Waals surface area contributed by atoms with E-state index < -0.39 is 17.2 Å². The van der Waals surface area contributed by atoms with Crippen molar-refractivity contribution < 1.29 is 18.3 Å². The zero-order valence-electron chi connectivity index (χ0n) is 11.1. The molecule has 1 fully saturated rings. The van der Waals surface area contributed by atoms with E-state index in [0.29, 0.717) is 12.8 Å². The summed E-state index contributed by atoms with van der Waals surface area (Å²) in [4.78, 5) is 0. The van der Waals surface area contributed by atoms with Crippen molar-refractivity contribution >= 4 is 23.2 Å². The summed E-state index contributed by atoms with van der Waals surface area (Å²) in [6.07, 6.45) is -3.50. The molecule has 0 saturated heterocycles. The molecule has 1 aliphatic carbocycles. The first kappa shape index (κ1) is 15.9. The van der Waals surface area contributed by atoms with Crippen molar-refractivity contribution in [2.45, 2.75) is 38.5 Å². The van der Waals surface area contributed by atoms with Crippen molar-refractivity contribution in [3.05, 3.63) is 33.8 Å². The first-order chi connectivity index (χ1) is 9.01. The van der Waals surface area contributed by atoms with Crippen LogP contribution in [-0.4, -0.2) is 11.3 Å². The van der Waals surface area contributed by atoms with Crippen molar-refractivity contribution in [1.82, 2.24) is 0 Å². The molecular weight excluding hydrogens is 312 g/mol. The number of aliphatic hydroxyl groups is 1. The van der Waals surface area contributed by atoms with Crippen LogP contribution in [0.25, 0.3) is 0 Å². The standard InChI is InChI=1S/C14H15Cl2F3O/c1-12(2,8-3-4-8)13(20,14(17,18)19)10-7-9(15)5-6-11(10)16/h5-8,20H,3-4H2,1-2H3/t13-/m1/s1. The van der Waals surface area contributed by atoms with Crippen molar-refractivity contribution in [3.8, 4) is 0 Å². The minimum atomic E-state index is -4.84. The Kier molecular flexibility index (Phi) is 3.81. The lowest BCUT2D eigenvalue weighted by molar-refractivity contribution is -0.309. The fourth-order valence-electron chi connectivity index (χ4n) is 2.74. The largest absolute Gasteiger partial charge is 0.422 e. The number of hydrogen-bond donors (Lipinski definition) is 1. The first-order valence-electron chi connectivity index (χ1n) is 6.26. The molecule has 6 heteroatoms. The summed E-state index contributed by atoms with van der Waals surface area (Å²) in [5.41, 5.74) is -4.78. The first-order valence-corrected chi connectivity index (χ1v) is 7.02. The van der Waals surface area contributed by atoms with Crippen LogP contribution < -0.4 is 0 Å². The van der Waals surface area contributed by atoms with Crippen LogP contribution in [0, 0.1) is 11.3 Å². The highest BCUT2D eigenvalue weighted by Crippen LogP contribution is 2.61. The van der Waals surface area contributed by atoms with Crippen LogP contribution in [0.3, 0.4) is 0 Å². The van der Waals surface area contributed by atoms with E-state index in [1.54, 1.807) is 0 Å². The third-order valence-corrected chi connectivity index (χ3v) is 4.82. The van der Waals surface area contributed by atoms with E-state index >= 15 is 0 Å². The molecule has 1 aliphatic rings. The molecule has 0 spiro atoms. The number of alkyl halides is 3. The van der Waals surface area contributed by atoms with Crippen LogP contribution in [0.2, 0.25) is 10.0 Å². The Morgan fingerprint density at radius 2 is 1.70 bits per heavy atom. The topological polar surface area (TPSA) is 20.2 Å². The van der Waals surface area contributed by atoms with Crippen molar-refractivity contribution in [1.29, 1.82) is 0 Å². The average Bonchev–Trinajstić information content (AvgIpc) is 3.13. The van der Waals surface area contributed by atoms with Crippen molar-refractivity contribution in [2.75, 3.05) is 0 Å². The van der Waals surface area contributed by atoms with Gasteiger partial charge < -0.3 is 5.11 Å². The van der Waals surface area contributed by atoms with Gasteiger partial charge in [-0.05, 0) is 37.0 Å².